The van der Waals surface area contributed by atoms with E-state index in [2.05, 4.69) is 30.7 Å². The van der Waals surface area contributed by atoms with E-state index in [0.717, 1.165) is 19.9 Å². The molecule has 34 heavy (non-hydrogen) atoms. The number of aromatic nitrogens is 4. The number of pyridine rings is 1. The van der Waals surface area contributed by atoms with E-state index in [-0.39, 0.29) is 35.4 Å². The minimum atomic E-state index is -4.56. The molecule has 0 radical (unpaired) electrons. The number of nitrogens with one attached hydrogen (secondary N) is 3. The molecule has 3 heterocycles. The van der Waals surface area contributed by atoms with Crippen molar-refractivity contribution in [2.75, 3.05) is 17.2 Å². The second-order valence-electron chi connectivity index (χ2n) is 7.48. The summed E-state index contributed by atoms with van der Waals surface area (Å²) in [5.41, 5.74) is -1.34. The molecule has 3 aromatic rings. The number of nitrogens with zero attached hydrogens (tertiary/aromatic N) is 3. The fraction of sp³-hybridized carbons (Fsp3) is 0.350. The van der Waals surface area contributed by atoms with Crippen LogP contribution < -0.4 is 20.9 Å². The molecule has 0 aliphatic rings. The van der Waals surface area contributed by atoms with E-state index in [1.165, 1.54) is 18.5 Å². The van der Waals surface area contributed by atoms with Gasteiger partial charge in [-0.15, -0.1) is 12.4 Å². The van der Waals surface area contributed by atoms with Gasteiger partial charge in [-0.2, -0.15) is 13.2 Å². The number of H-pyrrole nitrogens is 1. The van der Waals surface area contributed by atoms with Crippen molar-refractivity contribution in [3.63, 3.8) is 0 Å². The molecule has 0 aliphatic carbocycles. The van der Waals surface area contributed by atoms with Crippen molar-refractivity contribution in [1.82, 2.24) is 20.1 Å². The highest BCUT2D eigenvalue weighted by atomic mass is 35.5. The lowest BCUT2D eigenvalue weighted by Crippen LogP contribution is -2.35. The first-order valence-electron chi connectivity index (χ1n) is 9.74. The molecule has 0 fully saturated rings. The smallest absolute Gasteiger partial charge is 0.401 e. The average Bonchev–Trinajstić information content (AvgIpc) is 3.19. The van der Waals surface area contributed by atoms with Crippen molar-refractivity contribution >= 4 is 30.1 Å². The molecule has 2 amide bonds. The summed E-state index contributed by atoms with van der Waals surface area (Å²) in [5.74, 6) is -0.390. The third kappa shape index (κ3) is 5.65. The second kappa shape index (κ2) is 10.1. The highest BCUT2D eigenvalue weighted by Crippen LogP contribution is 2.41. The molecule has 0 saturated heterocycles. The minimum Gasteiger partial charge on any atom is -0.488 e. The Morgan fingerprint density at radius 1 is 1.24 bits per heavy atom. The molecule has 0 saturated carbocycles. The maximum absolute atomic E-state index is 13.1. The van der Waals surface area contributed by atoms with Crippen molar-refractivity contribution in [3.8, 4) is 17.0 Å². The van der Waals surface area contributed by atoms with Crippen LogP contribution in [-0.4, -0.2) is 38.9 Å². The van der Waals surface area contributed by atoms with Gasteiger partial charge in [0, 0.05) is 17.8 Å². The van der Waals surface area contributed by atoms with Crippen molar-refractivity contribution in [2.45, 2.75) is 39.3 Å². The lowest BCUT2D eigenvalue weighted by molar-refractivity contribution is -0.185. The van der Waals surface area contributed by atoms with Gasteiger partial charge in [0.2, 0.25) is 0 Å². The fourth-order valence-corrected chi connectivity index (χ4v) is 2.64. The Kier molecular flexibility index (Phi) is 7.93. The van der Waals surface area contributed by atoms with Gasteiger partial charge in [0.05, 0.1) is 24.2 Å². The number of carbonyl (C=O) groups is 1. The zero-order valence-electron chi connectivity index (χ0n) is 18.5. The first kappa shape index (κ1) is 26.6. The summed E-state index contributed by atoms with van der Waals surface area (Å²) in [5, 5.41) is 8.20. The van der Waals surface area contributed by atoms with Crippen LogP contribution in [0.1, 0.15) is 32.2 Å². The van der Waals surface area contributed by atoms with Gasteiger partial charge >= 0.3 is 12.2 Å². The van der Waals surface area contributed by atoms with E-state index in [0.29, 0.717) is 23.6 Å². The van der Waals surface area contributed by atoms with Crippen LogP contribution in [0.4, 0.5) is 29.6 Å². The van der Waals surface area contributed by atoms with E-state index >= 15 is 0 Å². The van der Waals surface area contributed by atoms with Crippen LogP contribution in [-0.2, 0) is 5.41 Å². The number of rotatable bonds is 6. The summed E-state index contributed by atoms with van der Waals surface area (Å²) in [6.07, 6.45) is -1.72. The Morgan fingerprint density at radius 3 is 2.56 bits per heavy atom. The number of ether oxygens (including phenoxy) is 1. The number of aromatic amines is 1. The first-order chi connectivity index (χ1) is 15.4. The average molecular weight is 503 g/mol. The highest BCUT2D eigenvalue weighted by molar-refractivity contribution is 5.98. The largest absolute Gasteiger partial charge is 0.488 e. The number of urea groups is 1. The Morgan fingerprint density at radius 2 is 1.94 bits per heavy atom. The van der Waals surface area contributed by atoms with Crippen LogP contribution in [0.25, 0.3) is 11.3 Å². The third-order valence-electron chi connectivity index (χ3n) is 4.72. The van der Waals surface area contributed by atoms with Gasteiger partial charge < -0.3 is 14.2 Å². The van der Waals surface area contributed by atoms with Gasteiger partial charge in [0.15, 0.2) is 23.1 Å². The van der Waals surface area contributed by atoms with Gasteiger partial charge in [-0.05, 0) is 33.8 Å². The maximum atomic E-state index is 13.1. The molecule has 184 valence electrons. The number of anilines is 2. The van der Waals surface area contributed by atoms with Crippen LogP contribution >= 0.6 is 12.4 Å². The molecule has 0 bridgehead atoms. The lowest BCUT2D eigenvalue weighted by atomic mass is 9.89. The quantitative estimate of drug-likeness (QED) is 0.453. The molecule has 0 spiro atoms. The Labute approximate surface area is 197 Å². The van der Waals surface area contributed by atoms with E-state index in [9.17, 15) is 22.8 Å². The van der Waals surface area contributed by atoms with Crippen LogP contribution in [0.5, 0.6) is 5.75 Å². The number of alkyl halides is 3. The van der Waals surface area contributed by atoms with Crippen molar-refractivity contribution in [2.24, 2.45) is 0 Å². The monoisotopic (exact) mass is 502 g/mol. The standard InChI is InChI=1S/C20H21F3N6O4.ClH/c1-5-32-13-6-11(8-25-17(13)30)12-9-24-16(10(2)26-12)28-18(31)27-15-7-14(33-29-15)19(3,4)20(21,22)23;/h6-9H,5H2,1-4H3,(H,25,30)(H2,24,27,28,29,31);1H. The van der Waals surface area contributed by atoms with E-state index < -0.39 is 23.4 Å². The third-order valence-corrected chi connectivity index (χ3v) is 4.72. The number of halogens is 4. The molecule has 14 heteroatoms. The summed E-state index contributed by atoms with van der Waals surface area (Å²) < 4.78 is 49.4. The lowest BCUT2D eigenvalue weighted by Gasteiger charge is -2.24. The van der Waals surface area contributed by atoms with Gasteiger partial charge in [-0.25, -0.2) is 14.8 Å². The molecule has 0 aliphatic heterocycles. The summed E-state index contributed by atoms with van der Waals surface area (Å²) in [7, 11) is 0. The van der Waals surface area contributed by atoms with Gasteiger partial charge in [-0.1, -0.05) is 5.16 Å². The van der Waals surface area contributed by atoms with Crippen molar-refractivity contribution in [3.05, 3.63) is 46.3 Å². The van der Waals surface area contributed by atoms with E-state index in [1.54, 1.807) is 13.8 Å². The zero-order chi connectivity index (χ0) is 24.4. The normalized spacial score (nSPS) is 11.5. The predicted octanol–water partition coefficient (Wildman–Crippen LogP) is 4.43. The predicted molar refractivity (Wildman–Crippen MR) is 119 cm³/mol. The van der Waals surface area contributed by atoms with E-state index in [1.807, 2.05) is 0 Å². The van der Waals surface area contributed by atoms with E-state index in [4.69, 9.17) is 9.26 Å². The van der Waals surface area contributed by atoms with Crippen LogP contribution in [0.3, 0.4) is 0 Å². The molecule has 0 aromatic carbocycles. The minimum absolute atomic E-state index is 0. The molecular formula is C20H22ClF3N6O4. The van der Waals surface area contributed by atoms with Gasteiger partial charge in [0.25, 0.3) is 5.56 Å². The van der Waals surface area contributed by atoms with Crippen molar-refractivity contribution in [1.29, 1.82) is 0 Å². The summed E-state index contributed by atoms with van der Waals surface area (Å²) in [4.78, 5) is 35.1. The SMILES string of the molecule is CCOc1cc(-c2cnc(NC(=O)Nc3cc(C(C)(C)C(F)(F)F)on3)c(C)n2)c[nH]c1=O.Cl. The summed E-state index contributed by atoms with van der Waals surface area (Å²) >= 11 is 0. The van der Waals surface area contributed by atoms with Crippen LogP contribution in [0, 0.1) is 6.92 Å². The van der Waals surface area contributed by atoms with Crippen LogP contribution in [0.2, 0.25) is 0 Å². The topological polar surface area (TPSA) is 135 Å². The Bertz CT molecular complexity index is 1230. The Balaban J connectivity index is 0.00000408. The number of aryl methyl sites for hydroxylation is 1. The summed E-state index contributed by atoms with van der Waals surface area (Å²) in [6, 6.07) is 1.73. The molecule has 3 rings (SSSR count). The first-order valence-corrected chi connectivity index (χ1v) is 9.74. The van der Waals surface area contributed by atoms with Crippen LogP contribution in [0.15, 0.2) is 33.8 Å². The molecule has 0 atom stereocenters. The Hall–Kier alpha value is -3.61. The highest BCUT2D eigenvalue weighted by Gasteiger charge is 2.51. The molecular weight excluding hydrogens is 481 g/mol. The summed E-state index contributed by atoms with van der Waals surface area (Å²) in [6.45, 7) is 5.55. The number of carbonyl (C=O) groups excluding carboxylic acids is 1. The van der Waals surface area contributed by atoms with Gasteiger partial charge in [0.1, 0.15) is 5.41 Å². The number of hydrogen-bond acceptors (Lipinski definition) is 7. The zero-order valence-corrected chi connectivity index (χ0v) is 19.3. The number of hydrogen-bond donors (Lipinski definition) is 3. The molecule has 3 N–H and O–H groups in total. The maximum Gasteiger partial charge on any atom is 0.401 e. The fourth-order valence-electron chi connectivity index (χ4n) is 2.64. The van der Waals surface area contributed by atoms with Crippen molar-refractivity contribution < 1.29 is 27.2 Å². The molecule has 0 unspecified atom stereocenters. The molecule has 3 aromatic heterocycles. The molecule has 10 nitrogen and oxygen atoms in total. The van der Waals surface area contributed by atoms with Gasteiger partial charge in [-0.3, -0.25) is 15.4 Å². The second-order valence-corrected chi connectivity index (χ2v) is 7.48. The number of amides is 2.